The maximum Gasteiger partial charge on any atom is 0.235 e. The predicted molar refractivity (Wildman–Crippen MR) is 67.6 cm³/mol. The van der Waals surface area contributed by atoms with Crippen molar-refractivity contribution in [3.05, 3.63) is 35.4 Å². The van der Waals surface area contributed by atoms with Crippen LogP contribution in [0.2, 0.25) is 0 Å². The number of aliphatic imine (C=N–C) groups is 1. The Labute approximate surface area is 100 Å². The molecule has 1 aliphatic heterocycles. The quantitative estimate of drug-likeness (QED) is 0.593. The molecule has 2 nitrogen and oxygen atoms in total. The van der Waals surface area contributed by atoms with Crippen LogP contribution in [0, 0.1) is 0 Å². The summed E-state index contributed by atoms with van der Waals surface area (Å²) in [7, 11) is 0. The number of rotatable bonds is 3. The van der Waals surface area contributed by atoms with E-state index in [-0.39, 0.29) is 0 Å². The Morgan fingerprint density at radius 1 is 1.31 bits per heavy atom. The Hall–Kier alpha value is -1.05. The molecular weight excluding hydrogens is 218 g/mol. The Balaban J connectivity index is 2.20. The van der Waals surface area contributed by atoms with Gasteiger partial charge < -0.3 is 0 Å². The number of benzene rings is 1. The van der Waals surface area contributed by atoms with Crippen molar-refractivity contribution in [3.63, 3.8) is 0 Å². The third kappa shape index (κ3) is 2.75. The molecule has 1 saturated heterocycles. The van der Waals surface area contributed by atoms with Crippen LogP contribution in [0.3, 0.4) is 0 Å². The van der Waals surface area contributed by atoms with Crippen LogP contribution < -0.4 is 0 Å². The average molecular weight is 233 g/mol. The summed E-state index contributed by atoms with van der Waals surface area (Å²) in [5.74, 6) is 3.14. The van der Waals surface area contributed by atoms with E-state index in [1.54, 1.807) is 6.08 Å². The lowest BCUT2D eigenvalue weighted by Gasteiger charge is -2.23. The Morgan fingerprint density at radius 2 is 2.06 bits per heavy atom. The van der Waals surface area contributed by atoms with Crippen LogP contribution in [0.5, 0.6) is 0 Å². The molecule has 0 atom stereocenters. The van der Waals surface area contributed by atoms with E-state index in [1.165, 1.54) is 35.5 Å². The fourth-order valence-electron chi connectivity index (χ4n) is 2.20. The normalized spacial score (nSPS) is 16.8. The highest BCUT2D eigenvalue weighted by molar-refractivity contribution is 7.99. The highest BCUT2D eigenvalue weighted by atomic mass is 32.2. The number of carbonyl (C=O) groups excluding carboxylic acids is 1. The lowest BCUT2D eigenvalue weighted by molar-refractivity contribution is 0.562. The second kappa shape index (κ2) is 5.88. The lowest BCUT2D eigenvalue weighted by Crippen LogP contribution is -2.09. The molecule has 0 unspecified atom stereocenters. The molecule has 0 bridgehead atoms. The number of isocyanates is 1. The number of hydrogen-bond acceptors (Lipinski definition) is 3. The van der Waals surface area contributed by atoms with Gasteiger partial charge in [-0.05, 0) is 41.4 Å². The van der Waals surface area contributed by atoms with Gasteiger partial charge in [-0.3, -0.25) is 0 Å². The van der Waals surface area contributed by atoms with E-state index in [1.807, 2.05) is 17.8 Å². The summed E-state index contributed by atoms with van der Waals surface area (Å²) in [5.41, 5.74) is 2.56. The Bertz CT molecular complexity index is 393. The fraction of sp³-hybridized carbons (Fsp3) is 0.462. The summed E-state index contributed by atoms with van der Waals surface area (Å²) in [6.45, 7) is 0.476. The minimum atomic E-state index is 0.476. The number of thioether (sulfide) groups is 1. The minimum Gasteiger partial charge on any atom is -0.211 e. The summed E-state index contributed by atoms with van der Waals surface area (Å²) in [6.07, 6.45) is 4.10. The van der Waals surface area contributed by atoms with Crippen molar-refractivity contribution in [1.82, 2.24) is 0 Å². The van der Waals surface area contributed by atoms with Crippen LogP contribution in [-0.4, -0.2) is 17.6 Å². The molecule has 1 aliphatic rings. The standard InChI is InChI=1S/C13H15NOS/c15-10-14-9-12-3-1-2-4-13(12)11-5-7-16-8-6-11/h1-4,11H,5-9H2. The van der Waals surface area contributed by atoms with E-state index in [4.69, 9.17) is 0 Å². The lowest BCUT2D eigenvalue weighted by atomic mass is 9.90. The molecule has 0 saturated carbocycles. The van der Waals surface area contributed by atoms with Crippen molar-refractivity contribution in [2.24, 2.45) is 4.99 Å². The van der Waals surface area contributed by atoms with Crippen LogP contribution in [0.1, 0.15) is 29.9 Å². The van der Waals surface area contributed by atoms with Crippen LogP contribution in [-0.2, 0) is 11.3 Å². The molecule has 0 aromatic heterocycles. The van der Waals surface area contributed by atoms with Crippen LogP contribution in [0.25, 0.3) is 0 Å². The van der Waals surface area contributed by atoms with Crippen molar-refractivity contribution in [1.29, 1.82) is 0 Å². The zero-order valence-electron chi connectivity index (χ0n) is 9.19. The molecule has 2 rings (SSSR count). The SMILES string of the molecule is O=C=NCc1ccccc1C1CCSCC1. The molecule has 0 radical (unpaired) electrons. The number of hydrogen-bond donors (Lipinski definition) is 0. The van der Waals surface area contributed by atoms with Gasteiger partial charge in [-0.25, -0.2) is 9.79 Å². The van der Waals surface area contributed by atoms with Gasteiger partial charge in [0.15, 0.2) is 0 Å². The summed E-state index contributed by atoms with van der Waals surface area (Å²) < 4.78 is 0. The smallest absolute Gasteiger partial charge is 0.211 e. The second-order valence-electron chi connectivity index (χ2n) is 3.99. The first kappa shape index (κ1) is 11.4. The third-order valence-corrected chi connectivity index (χ3v) is 4.08. The van der Waals surface area contributed by atoms with Crippen molar-refractivity contribution < 1.29 is 4.79 Å². The van der Waals surface area contributed by atoms with Crippen molar-refractivity contribution in [2.75, 3.05) is 11.5 Å². The third-order valence-electron chi connectivity index (χ3n) is 3.03. The zero-order valence-corrected chi connectivity index (χ0v) is 10.0. The van der Waals surface area contributed by atoms with Gasteiger partial charge in [0, 0.05) is 0 Å². The first-order valence-corrected chi connectivity index (χ1v) is 6.76. The van der Waals surface area contributed by atoms with Gasteiger partial charge in [0.05, 0.1) is 6.54 Å². The van der Waals surface area contributed by atoms with Gasteiger partial charge in [0.1, 0.15) is 0 Å². The van der Waals surface area contributed by atoms with E-state index < -0.39 is 0 Å². The Kier molecular flexibility index (Phi) is 4.20. The van der Waals surface area contributed by atoms with Crippen LogP contribution in [0.4, 0.5) is 0 Å². The molecule has 0 amide bonds. The van der Waals surface area contributed by atoms with Gasteiger partial charge in [0.25, 0.3) is 0 Å². The Morgan fingerprint density at radius 3 is 2.81 bits per heavy atom. The van der Waals surface area contributed by atoms with E-state index in [9.17, 15) is 4.79 Å². The highest BCUT2D eigenvalue weighted by Gasteiger charge is 2.17. The summed E-state index contributed by atoms with van der Waals surface area (Å²) >= 11 is 2.03. The second-order valence-corrected chi connectivity index (χ2v) is 5.22. The van der Waals surface area contributed by atoms with Gasteiger partial charge in [0.2, 0.25) is 6.08 Å². The van der Waals surface area contributed by atoms with Gasteiger partial charge in [-0.2, -0.15) is 11.8 Å². The number of nitrogens with zero attached hydrogens (tertiary/aromatic N) is 1. The molecule has 84 valence electrons. The van der Waals surface area contributed by atoms with Crippen molar-refractivity contribution in [2.45, 2.75) is 25.3 Å². The molecule has 1 fully saturated rings. The van der Waals surface area contributed by atoms with E-state index in [0.717, 1.165) is 0 Å². The molecule has 0 N–H and O–H groups in total. The van der Waals surface area contributed by atoms with E-state index >= 15 is 0 Å². The largest absolute Gasteiger partial charge is 0.235 e. The monoisotopic (exact) mass is 233 g/mol. The summed E-state index contributed by atoms with van der Waals surface area (Å²) in [6, 6.07) is 8.33. The maximum absolute atomic E-state index is 10.2. The molecule has 0 aliphatic carbocycles. The summed E-state index contributed by atoms with van der Waals surface area (Å²) in [5, 5.41) is 0. The molecule has 1 aromatic carbocycles. The molecule has 3 heteroatoms. The average Bonchev–Trinajstić information content (AvgIpc) is 2.38. The zero-order chi connectivity index (χ0) is 11.2. The molecule has 0 spiro atoms. The van der Waals surface area contributed by atoms with Gasteiger partial charge in [-0.15, -0.1) is 0 Å². The van der Waals surface area contributed by atoms with Gasteiger partial charge in [-0.1, -0.05) is 24.3 Å². The topological polar surface area (TPSA) is 29.4 Å². The van der Waals surface area contributed by atoms with Crippen LogP contribution in [0.15, 0.2) is 29.3 Å². The van der Waals surface area contributed by atoms with Crippen molar-refractivity contribution in [3.8, 4) is 0 Å². The molecule has 1 aromatic rings. The predicted octanol–water partition coefficient (Wildman–Crippen LogP) is 3.13. The van der Waals surface area contributed by atoms with E-state index in [2.05, 4.69) is 23.2 Å². The highest BCUT2D eigenvalue weighted by Crippen LogP contribution is 2.33. The van der Waals surface area contributed by atoms with Crippen LogP contribution >= 0.6 is 11.8 Å². The molecule has 1 heterocycles. The fourth-order valence-corrected chi connectivity index (χ4v) is 3.31. The molecular formula is C13H15NOS. The molecule has 16 heavy (non-hydrogen) atoms. The van der Waals surface area contributed by atoms with Gasteiger partial charge >= 0.3 is 0 Å². The summed E-state index contributed by atoms with van der Waals surface area (Å²) in [4.78, 5) is 13.9. The maximum atomic E-state index is 10.2. The first-order valence-electron chi connectivity index (χ1n) is 5.61. The minimum absolute atomic E-state index is 0.476. The van der Waals surface area contributed by atoms with E-state index in [0.29, 0.717) is 12.5 Å². The van der Waals surface area contributed by atoms with Crippen molar-refractivity contribution >= 4 is 17.8 Å². The first-order chi connectivity index (χ1) is 7.92.